The van der Waals surface area contributed by atoms with E-state index in [1.165, 1.54) is 31.3 Å². The molecule has 7 heteroatoms. The van der Waals surface area contributed by atoms with Crippen molar-refractivity contribution in [1.29, 1.82) is 0 Å². The van der Waals surface area contributed by atoms with E-state index in [1.54, 1.807) is 13.8 Å². The Morgan fingerprint density at radius 2 is 2.13 bits per heavy atom. The van der Waals surface area contributed by atoms with Crippen LogP contribution < -0.4 is 14.4 Å². The summed E-state index contributed by atoms with van der Waals surface area (Å²) in [7, 11) is 2.71. The molecule has 2 unspecified atom stereocenters. The van der Waals surface area contributed by atoms with Crippen LogP contribution in [0.5, 0.6) is 11.5 Å². The molecular weight excluding hydrogens is 302 g/mol. The van der Waals surface area contributed by atoms with Gasteiger partial charge in [0.2, 0.25) is 0 Å². The van der Waals surface area contributed by atoms with Gasteiger partial charge in [0.1, 0.15) is 12.3 Å². The lowest BCUT2D eigenvalue weighted by molar-refractivity contribution is -0.144. The van der Waals surface area contributed by atoms with E-state index in [2.05, 4.69) is 0 Å². The molecule has 0 aromatic heterocycles. The zero-order chi connectivity index (χ0) is 17.1. The Labute approximate surface area is 134 Å². The van der Waals surface area contributed by atoms with E-state index in [4.69, 9.17) is 14.2 Å². The van der Waals surface area contributed by atoms with E-state index < -0.39 is 18.1 Å². The molecule has 1 aromatic rings. The number of rotatable bonds is 5. The van der Waals surface area contributed by atoms with Crippen molar-refractivity contribution >= 4 is 23.9 Å². The topological polar surface area (TPSA) is 82.1 Å². The van der Waals surface area contributed by atoms with Crippen molar-refractivity contribution in [3.05, 3.63) is 17.7 Å². The molecule has 0 saturated heterocycles. The van der Waals surface area contributed by atoms with Crippen LogP contribution in [-0.2, 0) is 14.3 Å². The summed E-state index contributed by atoms with van der Waals surface area (Å²) >= 11 is 0. The maximum atomic E-state index is 12.6. The van der Waals surface area contributed by atoms with Crippen molar-refractivity contribution in [2.75, 3.05) is 19.1 Å². The van der Waals surface area contributed by atoms with Crippen molar-refractivity contribution in [3.63, 3.8) is 0 Å². The summed E-state index contributed by atoms with van der Waals surface area (Å²) in [4.78, 5) is 37.1. The molecule has 7 nitrogen and oxygen atoms in total. The number of hydrogen-bond acceptors (Lipinski definition) is 6. The van der Waals surface area contributed by atoms with Gasteiger partial charge in [-0.15, -0.1) is 0 Å². The molecule has 2 rings (SSSR count). The Bertz CT molecular complexity index is 642. The minimum absolute atomic E-state index is 0.316. The normalized spacial score (nSPS) is 17.8. The van der Waals surface area contributed by atoms with Gasteiger partial charge in [0.05, 0.1) is 19.9 Å². The highest BCUT2D eigenvalue weighted by Crippen LogP contribution is 2.43. The molecule has 0 saturated carbocycles. The number of carbonyl (C=O) groups is 3. The second kappa shape index (κ2) is 6.68. The third kappa shape index (κ3) is 2.86. The molecule has 0 aliphatic carbocycles. The van der Waals surface area contributed by atoms with Gasteiger partial charge >= 0.3 is 5.97 Å². The third-order valence-electron chi connectivity index (χ3n) is 3.72. The van der Waals surface area contributed by atoms with Crippen molar-refractivity contribution in [2.45, 2.75) is 32.4 Å². The summed E-state index contributed by atoms with van der Waals surface area (Å²) < 4.78 is 15.7. The summed E-state index contributed by atoms with van der Waals surface area (Å²) in [5.41, 5.74) is 0.642. The van der Waals surface area contributed by atoms with E-state index >= 15 is 0 Å². The Kier molecular flexibility index (Phi) is 4.88. The molecule has 0 spiro atoms. The average molecular weight is 321 g/mol. The highest BCUT2D eigenvalue weighted by Gasteiger charge is 2.40. The van der Waals surface area contributed by atoms with Crippen LogP contribution in [0.15, 0.2) is 12.1 Å². The highest BCUT2D eigenvalue weighted by molar-refractivity contribution is 6.05. The molecule has 1 aliphatic heterocycles. The number of methoxy groups -OCH3 is 2. The first-order valence-electron chi connectivity index (χ1n) is 7.23. The quantitative estimate of drug-likeness (QED) is 0.605. The SMILES string of the molecule is CCC(C(=O)OC)N1C(=O)C(C)Oc2c(OC)cc(C=O)cc21. The predicted molar refractivity (Wildman–Crippen MR) is 82.1 cm³/mol. The van der Waals surface area contributed by atoms with Gasteiger partial charge in [-0.3, -0.25) is 14.5 Å². The maximum absolute atomic E-state index is 12.6. The molecule has 23 heavy (non-hydrogen) atoms. The number of nitrogens with zero attached hydrogens (tertiary/aromatic N) is 1. The van der Waals surface area contributed by atoms with Crippen LogP contribution in [0.2, 0.25) is 0 Å². The molecule has 124 valence electrons. The Balaban J connectivity index is 2.66. The van der Waals surface area contributed by atoms with E-state index in [0.717, 1.165) is 0 Å². The van der Waals surface area contributed by atoms with Gasteiger partial charge in [0.25, 0.3) is 5.91 Å². The molecule has 1 aromatic carbocycles. The molecule has 1 aliphatic rings. The number of benzene rings is 1. The van der Waals surface area contributed by atoms with Gasteiger partial charge in [0.15, 0.2) is 17.6 Å². The monoisotopic (exact) mass is 321 g/mol. The smallest absolute Gasteiger partial charge is 0.328 e. The molecule has 0 bridgehead atoms. The largest absolute Gasteiger partial charge is 0.493 e. The fourth-order valence-electron chi connectivity index (χ4n) is 2.58. The number of fused-ring (bicyclic) bond motifs is 1. The van der Waals surface area contributed by atoms with Gasteiger partial charge in [-0.25, -0.2) is 4.79 Å². The fourth-order valence-corrected chi connectivity index (χ4v) is 2.58. The molecule has 1 heterocycles. The van der Waals surface area contributed by atoms with Gasteiger partial charge in [-0.1, -0.05) is 6.92 Å². The number of hydrogen-bond donors (Lipinski definition) is 0. The Morgan fingerprint density at radius 3 is 2.65 bits per heavy atom. The van der Waals surface area contributed by atoms with Crippen LogP contribution >= 0.6 is 0 Å². The number of esters is 1. The number of amides is 1. The molecule has 0 radical (unpaired) electrons. The standard InChI is InChI=1S/C16H19NO6/c1-5-11(16(20)22-4)17-12-6-10(8-18)7-13(21-3)14(12)23-9(2)15(17)19/h6-9,11H,5H2,1-4H3. The van der Waals surface area contributed by atoms with Crippen LogP contribution in [-0.4, -0.2) is 44.5 Å². The average Bonchev–Trinajstić information content (AvgIpc) is 2.57. The summed E-state index contributed by atoms with van der Waals surface area (Å²) in [6.07, 6.45) is 0.220. The number of aldehydes is 1. The van der Waals surface area contributed by atoms with E-state index in [-0.39, 0.29) is 5.91 Å². The number of anilines is 1. The van der Waals surface area contributed by atoms with Crippen LogP contribution in [0, 0.1) is 0 Å². The minimum atomic E-state index is -0.802. The first-order chi connectivity index (χ1) is 11.0. The van der Waals surface area contributed by atoms with Crippen LogP contribution in [0.3, 0.4) is 0 Å². The Morgan fingerprint density at radius 1 is 1.43 bits per heavy atom. The lowest BCUT2D eigenvalue weighted by Crippen LogP contribution is -2.52. The molecule has 0 N–H and O–H groups in total. The lowest BCUT2D eigenvalue weighted by Gasteiger charge is -2.37. The summed E-state index contributed by atoms with van der Waals surface area (Å²) in [6, 6.07) is 2.22. The lowest BCUT2D eigenvalue weighted by atomic mass is 10.1. The van der Waals surface area contributed by atoms with Crippen molar-refractivity contribution in [3.8, 4) is 11.5 Å². The molecule has 0 fully saturated rings. The zero-order valence-electron chi connectivity index (χ0n) is 13.5. The second-order valence-corrected chi connectivity index (χ2v) is 5.10. The first kappa shape index (κ1) is 16.8. The van der Waals surface area contributed by atoms with Crippen LogP contribution in [0.4, 0.5) is 5.69 Å². The van der Waals surface area contributed by atoms with Gasteiger partial charge in [-0.2, -0.15) is 0 Å². The highest BCUT2D eigenvalue weighted by atomic mass is 16.5. The van der Waals surface area contributed by atoms with Crippen LogP contribution in [0.1, 0.15) is 30.6 Å². The van der Waals surface area contributed by atoms with Gasteiger partial charge < -0.3 is 14.2 Å². The van der Waals surface area contributed by atoms with Gasteiger partial charge in [0, 0.05) is 5.56 Å². The molecule has 2 atom stereocenters. The molecular formula is C16H19NO6. The van der Waals surface area contributed by atoms with Gasteiger partial charge in [-0.05, 0) is 25.5 Å². The first-order valence-corrected chi connectivity index (χ1v) is 7.23. The molecule has 1 amide bonds. The van der Waals surface area contributed by atoms with E-state index in [0.29, 0.717) is 35.5 Å². The van der Waals surface area contributed by atoms with E-state index in [1.807, 2.05) is 0 Å². The summed E-state index contributed by atoms with van der Waals surface area (Å²) in [5.74, 6) is -0.252. The second-order valence-electron chi connectivity index (χ2n) is 5.10. The summed E-state index contributed by atoms with van der Waals surface area (Å²) in [5, 5.41) is 0. The summed E-state index contributed by atoms with van der Waals surface area (Å²) in [6.45, 7) is 3.37. The maximum Gasteiger partial charge on any atom is 0.328 e. The Hall–Kier alpha value is -2.57. The predicted octanol–water partition coefficient (Wildman–Crippen LogP) is 1.57. The fraction of sp³-hybridized carbons (Fsp3) is 0.438. The van der Waals surface area contributed by atoms with E-state index in [9.17, 15) is 14.4 Å². The zero-order valence-corrected chi connectivity index (χ0v) is 13.5. The minimum Gasteiger partial charge on any atom is -0.493 e. The number of ether oxygens (including phenoxy) is 3. The van der Waals surface area contributed by atoms with Crippen molar-refractivity contribution in [1.82, 2.24) is 0 Å². The number of carbonyl (C=O) groups excluding carboxylic acids is 3. The van der Waals surface area contributed by atoms with Crippen molar-refractivity contribution < 1.29 is 28.6 Å². The van der Waals surface area contributed by atoms with Crippen molar-refractivity contribution in [2.24, 2.45) is 0 Å². The third-order valence-corrected chi connectivity index (χ3v) is 3.72. The van der Waals surface area contributed by atoms with Crippen LogP contribution in [0.25, 0.3) is 0 Å².